The van der Waals surface area contributed by atoms with Crippen LogP contribution >= 0.6 is 0 Å². The van der Waals surface area contributed by atoms with E-state index in [1.807, 2.05) is 5.32 Å². The SMILES string of the molecule is O=C(CNCC(F)(F)F)NC1COC1. The van der Waals surface area contributed by atoms with Crippen LogP contribution in [0.4, 0.5) is 13.2 Å². The van der Waals surface area contributed by atoms with Crippen molar-refractivity contribution < 1.29 is 22.7 Å². The van der Waals surface area contributed by atoms with Gasteiger partial charge in [-0.05, 0) is 0 Å². The van der Waals surface area contributed by atoms with Gasteiger partial charge in [-0.15, -0.1) is 0 Å². The number of rotatable bonds is 4. The fourth-order valence-electron chi connectivity index (χ4n) is 0.916. The number of halogens is 3. The van der Waals surface area contributed by atoms with Crippen molar-refractivity contribution in [1.82, 2.24) is 10.6 Å². The number of alkyl halides is 3. The lowest BCUT2D eigenvalue weighted by atomic mass is 10.2. The Labute approximate surface area is 78.8 Å². The van der Waals surface area contributed by atoms with Gasteiger partial charge >= 0.3 is 6.18 Å². The van der Waals surface area contributed by atoms with Crippen LogP contribution in [0.5, 0.6) is 0 Å². The molecule has 1 fully saturated rings. The standard InChI is InChI=1S/C7H11F3N2O2/c8-7(9,10)4-11-1-6(13)12-5-2-14-3-5/h5,11H,1-4H2,(H,12,13). The first-order valence-corrected chi connectivity index (χ1v) is 4.12. The molecule has 0 aromatic carbocycles. The van der Waals surface area contributed by atoms with Crippen LogP contribution in [0.2, 0.25) is 0 Å². The van der Waals surface area contributed by atoms with Gasteiger partial charge in [0.05, 0.1) is 32.3 Å². The Morgan fingerprint density at radius 1 is 1.43 bits per heavy atom. The Bertz CT molecular complexity index is 204. The molecule has 0 aliphatic carbocycles. The Morgan fingerprint density at radius 2 is 2.07 bits per heavy atom. The number of nitrogens with one attached hydrogen (secondary N) is 2. The van der Waals surface area contributed by atoms with Crippen molar-refractivity contribution in [2.45, 2.75) is 12.2 Å². The molecule has 82 valence electrons. The van der Waals surface area contributed by atoms with Crippen molar-refractivity contribution in [3.05, 3.63) is 0 Å². The Kier molecular flexibility index (Phi) is 3.70. The summed E-state index contributed by atoms with van der Waals surface area (Å²) in [6.07, 6.45) is -4.28. The van der Waals surface area contributed by atoms with E-state index in [0.717, 1.165) is 0 Å². The highest BCUT2D eigenvalue weighted by Crippen LogP contribution is 2.11. The third kappa shape index (κ3) is 4.43. The van der Waals surface area contributed by atoms with Crippen molar-refractivity contribution in [2.75, 3.05) is 26.3 Å². The fourth-order valence-corrected chi connectivity index (χ4v) is 0.916. The molecular formula is C7H11F3N2O2. The highest BCUT2D eigenvalue weighted by molar-refractivity contribution is 5.78. The molecule has 1 amide bonds. The van der Waals surface area contributed by atoms with E-state index in [0.29, 0.717) is 13.2 Å². The molecule has 1 saturated heterocycles. The normalized spacial score (nSPS) is 17.6. The lowest BCUT2D eigenvalue weighted by Crippen LogP contribution is -2.51. The lowest BCUT2D eigenvalue weighted by molar-refractivity contribution is -0.130. The quantitative estimate of drug-likeness (QED) is 0.670. The first-order chi connectivity index (χ1) is 6.47. The van der Waals surface area contributed by atoms with Gasteiger partial charge in [0.1, 0.15) is 0 Å². The van der Waals surface area contributed by atoms with Crippen LogP contribution in [-0.2, 0) is 9.53 Å². The third-order valence-electron chi connectivity index (χ3n) is 1.61. The van der Waals surface area contributed by atoms with Gasteiger partial charge in [-0.2, -0.15) is 13.2 Å². The highest BCUT2D eigenvalue weighted by Gasteiger charge is 2.27. The average Bonchev–Trinajstić information content (AvgIpc) is 1.94. The number of ether oxygens (including phenoxy) is 1. The van der Waals surface area contributed by atoms with E-state index < -0.39 is 18.6 Å². The molecule has 4 nitrogen and oxygen atoms in total. The van der Waals surface area contributed by atoms with Gasteiger partial charge in [0.2, 0.25) is 5.91 Å². The van der Waals surface area contributed by atoms with Gasteiger partial charge in [-0.1, -0.05) is 0 Å². The van der Waals surface area contributed by atoms with E-state index in [-0.39, 0.29) is 12.6 Å². The van der Waals surface area contributed by atoms with Crippen LogP contribution in [0.15, 0.2) is 0 Å². The van der Waals surface area contributed by atoms with Gasteiger partial charge in [-0.3, -0.25) is 4.79 Å². The highest BCUT2D eigenvalue weighted by atomic mass is 19.4. The van der Waals surface area contributed by atoms with Gasteiger partial charge in [0, 0.05) is 0 Å². The Balaban J connectivity index is 2.03. The second-order valence-electron chi connectivity index (χ2n) is 3.02. The molecule has 0 unspecified atom stereocenters. The van der Waals surface area contributed by atoms with E-state index in [9.17, 15) is 18.0 Å². The van der Waals surface area contributed by atoms with Gasteiger partial charge in [-0.25, -0.2) is 0 Å². The molecule has 0 atom stereocenters. The Morgan fingerprint density at radius 3 is 2.50 bits per heavy atom. The first kappa shape index (κ1) is 11.3. The molecule has 0 spiro atoms. The smallest absolute Gasteiger partial charge is 0.377 e. The van der Waals surface area contributed by atoms with Crippen molar-refractivity contribution in [1.29, 1.82) is 0 Å². The molecule has 0 radical (unpaired) electrons. The number of carbonyl (C=O) groups is 1. The number of hydrogen-bond donors (Lipinski definition) is 2. The summed E-state index contributed by atoms with van der Waals surface area (Å²) in [7, 11) is 0. The molecule has 7 heteroatoms. The maximum absolute atomic E-state index is 11.6. The summed E-state index contributed by atoms with van der Waals surface area (Å²) in [5.74, 6) is -0.442. The molecule has 0 bridgehead atoms. The summed E-state index contributed by atoms with van der Waals surface area (Å²) in [5, 5.41) is 4.51. The van der Waals surface area contributed by atoms with Crippen molar-refractivity contribution in [3.63, 3.8) is 0 Å². The molecule has 1 rings (SSSR count). The molecule has 0 aromatic heterocycles. The first-order valence-electron chi connectivity index (χ1n) is 4.12. The van der Waals surface area contributed by atoms with Crippen molar-refractivity contribution in [3.8, 4) is 0 Å². The molecule has 14 heavy (non-hydrogen) atoms. The number of amides is 1. The summed E-state index contributed by atoms with van der Waals surface area (Å²) in [6.45, 7) is -0.604. The van der Waals surface area contributed by atoms with E-state index in [2.05, 4.69) is 5.32 Å². The zero-order chi connectivity index (χ0) is 10.6. The van der Waals surface area contributed by atoms with Crippen LogP contribution < -0.4 is 10.6 Å². The van der Waals surface area contributed by atoms with Crippen LogP contribution in [0.1, 0.15) is 0 Å². The molecule has 0 aromatic rings. The third-order valence-corrected chi connectivity index (χ3v) is 1.61. The molecule has 1 heterocycles. The molecule has 2 N–H and O–H groups in total. The minimum Gasteiger partial charge on any atom is -0.377 e. The molecule has 0 saturated carbocycles. The minimum absolute atomic E-state index is 0.0461. The van der Waals surface area contributed by atoms with Gasteiger partial charge in [0.25, 0.3) is 0 Å². The van der Waals surface area contributed by atoms with E-state index in [1.54, 1.807) is 0 Å². The van der Waals surface area contributed by atoms with Crippen molar-refractivity contribution in [2.24, 2.45) is 0 Å². The maximum atomic E-state index is 11.6. The number of carbonyl (C=O) groups excluding carboxylic acids is 1. The monoisotopic (exact) mass is 212 g/mol. The molecule has 1 aliphatic heterocycles. The average molecular weight is 212 g/mol. The molecule has 1 aliphatic rings. The predicted octanol–water partition coefficient (Wildman–Crippen LogP) is -0.347. The zero-order valence-electron chi connectivity index (χ0n) is 7.36. The van der Waals surface area contributed by atoms with E-state index in [4.69, 9.17) is 4.74 Å². The second-order valence-corrected chi connectivity index (χ2v) is 3.02. The van der Waals surface area contributed by atoms with E-state index >= 15 is 0 Å². The summed E-state index contributed by atoms with van der Waals surface area (Å²) < 4.78 is 39.7. The largest absolute Gasteiger partial charge is 0.401 e. The molecular weight excluding hydrogens is 201 g/mol. The van der Waals surface area contributed by atoms with Gasteiger partial charge in [0.15, 0.2) is 0 Å². The lowest BCUT2D eigenvalue weighted by Gasteiger charge is -2.26. The Hall–Kier alpha value is -0.820. The van der Waals surface area contributed by atoms with E-state index in [1.165, 1.54) is 0 Å². The summed E-state index contributed by atoms with van der Waals surface area (Å²) in [5.41, 5.74) is 0. The van der Waals surface area contributed by atoms with Gasteiger partial charge < -0.3 is 15.4 Å². The van der Waals surface area contributed by atoms with Crippen LogP contribution in [-0.4, -0.2) is 44.4 Å². The second kappa shape index (κ2) is 4.61. The minimum atomic E-state index is -4.28. The van der Waals surface area contributed by atoms with Crippen LogP contribution in [0.3, 0.4) is 0 Å². The maximum Gasteiger partial charge on any atom is 0.401 e. The predicted molar refractivity (Wildman–Crippen MR) is 41.7 cm³/mol. The van der Waals surface area contributed by atoms with Crippen molar-refractivity contribution >= 4 is 5.91 Å². The summed E-state index contributed by atoms with van der Waals surface area (Å²) >= 11 is 0. The van der Waals surface area contributed by atoms with Crippen LogP contribution in [0.25, 0.3) is 0 Å². The number of hydrogen-bond acceptors (Lipinski definition) is 3. The topological polar surface area (TPSA) is 50.4 Å². The van der Waals surface area contributed by atoms with Crippen LogP contribution in [0, 0.1) is 0 Å². The summed E-state index contributed by atoms with van der Waals surface area (Å²) in [4.78, 5) is 10.9. The summed E-state index contributed by atoms with van der Waals surface area (Å²) in [6, 6.07) is -0.0461. The zero-order valence-corrected chi connectivity index (χ0v) is 7.36. The fraction of sp³-hybridized carbons (Fsp3) is 0.857.